The molecule has 0 N–H and O–H groups in total. The Balaban J connectivity index is 2.12. The number of nitrogens with zero attached hydrogens (tertiary/aromatic N) is 2. The smallest absolute Gasteiger partial charge is 0.272 e. The van der Waals surface area contributed by atoms with Crippen LogP contribution in [0.4, 0.5) is 0 Å². The van der Waals surface area contributed by atoms with E-state index >= 15 is 0 Å². The van der Waals surface area contributed by atoms with Crippen molar-refractivity contribution >= 4 is 23.3 Å². The average molecular weight is 239 g/mol. The Bertz CT molecular complexity index is 416. The number of likely N-dealkylation sites (tertiary alicyclic amines) is 1. The highest BCUT2D eigenvalue weighted by molar-refractivity contribution is 6.30. The zero-order valence-corrected chi connectivity index (χ0v) is 9.41. The molecule has 1 amide bonds. The Labute approximate surface area is 98.2 Å². The summed E-state index contributed by atoms with van der Waals surface area (Å²) in [5.41, 5.74) is 0.333. The van der Waals surface area contributed by atoms with E-state index in [0.717, 1.165) is 6.42 Å². The second kappa shape index (κ2) is 4.61. The number of hydrogen-bond acceptors (Lipinski definition) is 3. The highest BCUT2D eigenvalue weighted by Crippen LogP contribution is 2.12. The van der Waals surface area contributed by atoms with Gasteiger partial charge in [-0.3, -0.25) is 9.59 Å². The summed E-state index contributed by atoms with van der Waals surface area (Å²) in [6.45, 7) is 0.817. The molecule has 1 aromatic heterocycles. The highest BCUT2D eigenvalue weighted by atomic mass is 35.5. The first kappa shape index (κ1) is 11.1. The molecular weight excluding hydrogens is 228 g/mol. The summed E-state index contributed by atoms with van der Waals surface area (Å²) in [4.78, 5) is 28.6. The fourth-order valence-corrected chi connectivity index (χ4v) is 1.79. The first-order chi connectivity index (χ1) is 7.66. The molecule has 4 nitrogen and oxygen atoms in total. The second-order valence-electron chi connectivity index (χ2n) is 3.73. The number of ketones is 1. The molecule has 0 saturated carbocycles. The SMILES string of the molecule is O=C1CCCN(C(=O)c2ccc(Cl)cn2)C1. The van der Waals surface area contributed by atoms with E-state index in [2.05, 4.69) is 4.98 Å². The van der Waals surface area contributed by atoms with Crippen molar-refractivity contribution < 1.29 is 9.59 Å². The van der Waals surface area contributed by atoms with Gasteiger partial charge < -0.3 is 4.90 Å². The molecule has 0 aliphatic carbocycles. The van der Waals surface area contributed by atoms with Crippen molar-refractivity contribution in [2.75, 3.05) is 13.1 Å². The lowest BCUT2D eigenvalue weighted by Gasteiger charge is -2.25. The van der Waals surface area contributed by atoms with Crippen molar-refractivity contribution in [2.24, 2.45) is 0 Å². The molecule has 0 aromatic carbocycles. The van der Waals surface area contributed by atoms with Crippen LogP contribution in [0.3, 0.4) is 0 Å². The minimum absolute atomic E-state index is 0.105. The molecule has 1 aliphatic rings. The minimum atomic E-state index is -0.204. The Kier molecular flexibility index (Phi) is 3.19. The first-order valence-corrected chi connectivity index (χ1v) is 5.47. The van der Waals surface area contributed by atoms with Gasteiger partial charge in [0.1, 0.15) is 5.69 Å². The standard InChI is InChI=1S/C11H11ClN2O2/c12-8-3-4-10(13-6-8)11(16)14-5-1-2-9(15)7-14/h3-4,6H,1-2,5,7H2. The predicted octanol–water partition coefficient (Wildman–Crippen LogP) is 1.54. The molecule has 0 bridgehead atoms. The Hall–Kier alpha value is -1.42. The van der Waals surface area contributed by atoms with Crippen LogP contribution in [0.15, 0.2) is 18.3 Å². The maximum absolute atomic E-state index is 11.9. The van der Waals surface area contributed by atoms with Crippen molar-refractivity contribution in [3.05, 3.63) is 29.0 Å². The van der Waals surface area contributed by atoms with E-state index in [1.807, 2.05) is 0 Å². The van der Waals surface area contributed by atoms with Gasteiger partial charge in [-0.25, -0.2) is 4.98 Å². The molecule has 1 fully saturated rings. The quantitative estimate of drug-likeness (QED) is 0.746. The van der Waals surface area contributed by atoms with Gasteiger partial charge in [0.2, 0.25) is 0 Å². The van der Waals surface area contributed by atoms with Crippen LogP contribution in [0.1, 0.15) is 23.3 Å². The summed E-state index contributed by atoms with van der Waals surface area (Å²) in [6, 6.07) is 3.19. The topological polar surface area (TPSA) is 50.3 Å². The predicted molar refractivity (Wildman–Crippen MR) is 59.4 cm³/mol. The second-order valence-corrected chi connectivity index (χ2v) is 4.17. The molecular formula is C11H11ClN2O2. The lowest BCUT2D eigenvalue weighted by molar-refractivity contribution is -0.121. The zero-order valence-electron chi connectivity index (χ0n) is 8.65. The molecule has 84 valence electrons. The van der Waals surface area contributed by atoms with E-state index < -0.39 is 0 Å². The van der Waals surface area contributed by atoms with Crippen LogP contribution < -0.4 is 0 Å². The third kappa shape index (κ3) is 2.39. The summed E-state index contributed by atoms with van der Waals surface area (Å²) < 4.78 is 0. The van der Waals surface area contributed by atoms with Crippen molar-refractivity contribution in [3.8, 4) is 0 Å². The van der Waals surface area contributed by atoms with Crippen molar-refractivity contribution in [1.29, 1.82) is 0 Å². The third-order valence-electron chi connectivity index (χ3n) is 2.48. The van der Waals surface area contributed by atoms with Crippen LogP contribution in [-0.2, 0) is 4.79 Å². The molecule has 2 rings (SSSR count). The molecule has 1 saturated heterocycles. The van der Waals surface area contributed by atoms with Gasteiger partial charge in [-0.05, 0) is 18.6 Å². The van der Waals surface area contributed by atoms with Crippen LogP contribution in [-0.4, -0.2) is 34.7 Å². The molecule has 2 heterocycles. The number of carbonyl (C=O) groups is 2. The first-order valence-electron chi connectivity index (χ1n) is 5.09. The van der Waals surface area contributed by atoms with Crippen molar-refractivity contribution in [1.82, 2.24) is 9.88 Å². The Morgan fingerprint density at radius 2 is 2.25 bits per heavy atom. The summed E-state index contributed by atoms with van der Waals surface area (Å²) in [5.74, 6) is -0.0988. The number of piperidine rings is 1. The van der Waals surface area contributed by atoms with Crippen LogP contribution in [0, 0.1) is 0 Å². The van der Waals surface area contributed by atoms with Gasteiger partial charge in [-0.15, -0.1) is 0 Å². The number of halogens is 1. The number of aromatic nitrogens is 1. The van der Waals surface area contributed by atoms with Gasteiger partial charge in [0.05, 0.1) is 11.6 Å². The zero-order chi connectivity index (χ0) is 11.5. The van der Waals surface area contributed by atoms with Gasteiger partial charge in [0, 0.05) is 19.2 Å². The number of rotatable bonds is 1. The molecule has 1 aromatic rings. The lowest BCUT2D eigenvalue weighted by atomic mass is 10.1. The molecule has 16 heavy (non-hydrogen) atoms. The maximum atomic E-state index is 11.9. The highest BCUT2D eigenvalue weighted by Gasteiger charge is 2.23. The summed E-state index contributed by atoms with van der Waals surface area (Å²) in [7, 11) is 0. The number of amides is 1. The monoisotopic (exact) mass is 238 g/mol. The van der Waals surface area contributed by atoms with Crippen LogP contribution in [0.5, 0.6) is 0 Å². The lowest BCUT2D eigenvalue weighted by Crippen LogP contribution is -2.40. The van der Waals surface area contributed by atoms with Gasteiger partial charge in [-0.1, -0.05) is 11.6 Å². The fourth-order valence-electron chi connectivity index (χ4n) is 1.68. The van der Waals surface area contributed by atoms with E-state index in [-0.39, 0.29) is 18.2 Å². The molecule has 0 atom stereocenters. The van der Waals surface area contributed by atoms with Crippen LogP contribution >= 0.6 is 11.6 Å². The Morgan fingerprint density at radius 3 is 2.88 bits per heavy atom. The molecule has 1 aliphatic heterocycles. The fraction of sp³-hybridized carbons (Fsp3) is 0.364. The van der Waals surface area contributed by atoms with E-state index in [1.165, 1.54) is 11.1 Å². The van der Waals surface area contributed by atoms with Crippen LogP contribution in [0.25, 0.3) is 0 Å². The van der Waals surface area contributed by atoms with E-state index in [0.29, 0.717) is 23.7 Å². The molecule has 5 heteroatoms. The van der Waals surface area contributed by atoms with Crippen LogP contribution in [0.2, 0.25) is 5.02 Å². The molecule has 0 radical (unpaired) electrons. The van der Waals surface area contributed by atoms with Crippen molar-refractivity contribution in [3.63, 3.8) is 0 Å². The number of pyridine rings is 1. The number of hydrogen-bond donors (Lipinski definition) is 0. The average Bonchev–Trinajstić information content (AvgIpc) is 2.29. The normalized spacial score (nSPS) is 16.3. The Morgan fingerprint density at radius 1 is 1.44 bits per heavy atom. The van der Waals surface area contributed by atoms with E-state index in [9.17, 15) is 9.59 Å². The largest absolute Gasteiger partial charge is 0.330 e. The van der Waals surface area contributed by atoms with Gasteiger partial charge in [0.25, 0.3) is 5.91 Å². The minimum Gasteiger partial charge on any atom is -0.330 e. The van der Waals surface area contributed by atoms with E-state index in [1.54, 1.807) is 12.1 Å². The van der Waals surface area contributed by atoms with E-state index in [4.69, 9.17) is 11.6 Å². The van der Waals surface area contributed by atoms with Crippen molar-refractivity contribution in [2.45, 2.75) is 12.8 Å². The third-order valence-corrected chi connectivity index (χ3v) is 2.71. The summed E-state index contributed by atoms with van der Waals surface area (Å²) >= 11 is 5.68. The summed E-state index contributed by atoms with van der Waals surface area (Å²) in [6.07, 6.45) is 2.73. The number of Topliss-reactive ketones (excluding diaryl/α,β-unsaturated/α-hetero) is 1. The number of carbonyl (C=O) groups excluding carboxylic acids is 2. The van der Waals surface area contributed by atoms with Gasteiger partial charge in [0.15, 0.2) is 5.78 Å². The summed E-state index contributed by atoms with van der Waals surface area (Å²) in [5, 5.41) is 0.492. The molecule has 0 unspecified atom stereocenters. The van der Waals surface area contributed by atoms with Gasteiger partial charge >= 0.3 is 0 Å². The van der Waals surface area contributed by atoms with Gasteiger partial charge in [-0.2, -0.15) is 0 Å². The molecule has 0 spiro atoms. The maximum Gasteiger partial charge on any atom is 0.272 e.